The number of aliphatic hydroxyl groups is 3. The second kappa shape index (κ2) is 21.0. The molecule has 54 heavy (non-hydrogen) atoms. The molecule has 0 aromatic carbocycles. The second-order valence-corrected chi connectivity index (χ2v) is 13.1. The average molecular weight is 791 g/mol. The Kier molecular flexibility index (Phi) is 17.5. The van der Waals surface area contributed by atoms with E-state index in [0.717, 1.165) is 16.7 Å². The fourth-order valence-electron chi connectivity index (χ4n) is 5.25. The van der Waals surface area contributed by atoms with Crippen LogP contribution in [0.4, 0.5) is 0 Å². The van der Waals surface area contributed by atoms with Crippen molar-refractivity contribution in [2.45, 2.75) is 79.8 Å². The Morgan fingerprint density at radius 2 is 1.70 bits per heavy atom. The third-order valence-corrected chi connectivity index (χ3v) is 9.50. The minimum atomic E-state index is -2.03. The summed E-state index contributed by atoms with van der Waals surface area (Å²) in [6.07, 6.45) is -2.37. The van der Waals surface area contributed by atoms with Crippen molar-refractivity contribution in [1.29, 1.82) is 0 Å². The van der Waals surface area contributed by atoms with Gasteiger partial charge in [0, 0.05) is 24.3 Å². The van der Waals surface area contributed by atoms with Gasteiger partial charge in [-0.05, 0) is 25.7 Å². The SMILES string of the molecule is NC(N)=NCCC[C@H](NC(=O)[C@H](CO)NC(=O)[C@@H](N)CO)[C@H](O)CC(=O)OCC1=C(C(=O)O)N2C(=O)[C@@](NC=O)(NC(=O)CCC[C@@H](N)C(=O)O)C2SC1. The number of hydrogen-bond acceptors (Lipinski definition) is 16. The molecule has 1 fully saturated rings. The first-order valence-corrected chi connectivity index (χ1v) is 17.4. The number of aliphatic hydroxyl groups excluding tert-OH is 3. The number of aliphatic carboxylic acids is 2. The number of thioether (sulfide) groups is 1. The van der Waals surface area contributed by atoms with Crippen LogP contribution in [0.1, 0.15) is 38.5 Å². The standard InChI is InChI=1S/C29H46N10O14S/c30-14(24(48)49)3-1-5-19(44)38-29(35-12-42)26(52)39-21(25(50)51)13(11-54-27(29)39)10-53-20(45)7-18(43)16(4-2-6-34-28(32)33)36-23(47)17(9-41)37-22(46)15(31)8-40/h12,14-18,27,40-41,43H,1-11,30-31H2,(H,35,42)(H,36,47)(H,37,46)(H,38,44)(H,48,49)(H,50,51)(H4,32,33,34)/t14-,15+,16+,17+,18-,27?,29-/m1/s1. The fraction of sp³-hybridized carbons (Fsp3) is 0.621. The molecule has 0 saturated carbocycles. The maximum absolute atomic E-state index is 13.4. The van der Waals surface area contributed by atoms with Gasteiger partial charge in [0.1, 0.15) is 35.8 Å². The predicted molar refractivity (Wildman–Crippen MR) is 185 cm³/mol. The number of carbonyl (C=O) groups excluding carboxylic acids is 6. The first-order valence-electron chi connectivity index (χ1n) is 16.3. The van der Waals surface area contributed by atoms with E-state index < -0.39 is 115 Å². The molecule has 0 spiro atoms. The summed E-state index contributed by atoms with van der Waals surface area (Å²) in [4.78, 5) is 103. The number of β-lactam (4-membered cyclic amide) rings is 1. The number of nitrogens with one attached hydrogen (secondary N) is 4. The lowest BCUT2D eigenvalue weighted by molar-refractivity contribution is -0.162. The fourth-order valence-corrected chi connectivity index (χ4v) is 6.66. The van der Waals surface area contributed by atoms with Gasteiger partial charge in [-0.1, -0.05) is 0 Å². The first-order chi connectivity index (χ1) is 25.4. The molecule has 17 N–H and O–H groups in total. The highest BCUT2D eigenvalue weighted by Crippen LogP contribution is 2.45. The van der Waals surface area contributed by atoms with Crippen LogP contribution in [-0.2, 0) is 43.1 Å². The Morgan fingerprint density at radius 1 is 1.02 bits per heavy atom. The van der Waals surface area contributed by atoms with E-state index in [-0.39, 0.29) is 62.3 Å². The Hall–Kier alpha value is -5.08. The third kappa shape index (κ3) is 12.0. The minimum Gasteiger partial charge on any atom is -0.480 e. The average Bonchev–Trinajstić information content (AvgIpc) is 3.12. The number of fused-ring (bicyclic) bond motifs is 1. The number of nitrogens with two attached hydrogens (primary N) is 4. The molecule has 0 bridgehead atoms. The van der Waals surface area contributed by atoms with E-state index in [0.29, 0.717) is 0 Å². The van der Waals surface area contributed by atoms with Crippen LogP contribution in [0.25, 0.3) is 0 Å². The molecule has 0 aliphatic carbocycles. The number of guanidine groups is 1. The lowest BCUT2D eigenvalue weighted by atomic mass is 9.94. The summed E-state index contributed by atoms with van der Waals surface area (Å²) < 4.78 is 5.22. The van der Waals surface area contributed by atoms with Crippen molar-refractivity contribution in [2.75, 3.05) is 32.1 Å². The van der Waals surface area contributed by atoms with E-state index in [1.165, 1.54) is 0 Å². The minimum absolute atomic E-state index is 0.0222. The number of carboxylic acids is 2. The summed E-state index contributed by atoms with van der Waals surface area (Å²) in [7, 11) is 0. The molecule has 0 aromatic rings. The molecule has 1 saturated heterocycles. The highest BCUT2D eigenvalue weighted by molar-refractivity contribution is 8.00. The monoisotopic (exact) mass is 790 g/mol. The molecule has 5 amide bonds. The smallest absolute Gasteiger partial charge is 0.352 e. The van der Waals surface area contributed by atoms with Gasteiger partial charge in [-0.15, -0.1) is 11.8 Å². The van der Waals surface area contributed by atoms with Crippen LogP contribution < -0.4 is 44.2 Å². The third-order valence-electron chi connectivity index (χ3n) is 8.11. The van der Waals surface area contributed by atoms with Crippen LogP contribution in [-0.4, -0.2) is 158 Å². The zero-order chi connectivity index (χ0) is 40.7. The molecule has 0 aromatic heterocycles. The van der Waals surface area contributed by atoms with Crippen LogP contribution >= 0.6 is 11.8 Å². The molecule has 2 aliphatic heterocycles. The van der Waals surface area contributed by atoms with Crippen LogP contribution in [0.15, 0.2) is 16.3 Å². The summed E-state index contributed by atoms with van der Waals surface area (Å²) in [5, 5.41) is 56.6. The van der Waals surface area contributed by atoms with Crippen molar-refractivity contribution in [3.63, 3.8) is 0 Å². The van der Waals surface area contributed by atoms with E-state index in [1.54, 1.807) is 0 Å². The number of carbonyl (C=O) groups is 8. The highest BCUT2D eigenvalue weighted by Gasteiger charge is 2.66. The Balaban J connectivity index is 2.15. The molecule has 2 rings (SSSR count). The molecule has 25 heteroatoms. The Labute approximate surface area is 311 Å². The number of aliphatic imine (C=N–C) groups is 1. The zero-order valence-corrected chi connectivity index (χ0v) is 29.7. The lowest BCUT2D eigenvalue weighted by Crippen LogP contribution is -2.85. The van der Waals surface area contributed by atoms with E-state index in [4.69, 9.17) is 37.9 Å². The number of amides is 5. The molecule has 2 aliphatic rings. The number of esters is 1. The number of nitrogens with zero attached hydrogens (tertiary/aromatic N) is 2. The number of ether oxygens (including phenoxy) is 1. The van der Waals surface area contributed by atoms with Crippen LogP contribution in [0, 0.1) is 0 Å². The summed E-state index contributed by atoms with van der Waals surface area (Å²) in [6.45, 7) is -2.24. The van der Waals surface area contributed by atoms with Crippen molar-refractivity contribution in [1.82, 2.24) is 26.2 Å². The molecule has 7 atom stereocenters. The van der Waals surface area contributed by atoms with Crippen molar-refractivity contribution in [3.05, 3.63) is 11.3 Å². The van der Waals surface area contributed by atoms with Gasteiger partial charge in [-0.3, -0.25) is 43.5 Å². The maximum atomic E-state index is 13.4. The highest BCUT2D eigenvalue weighted by atomic mass is 32.2. The largest absolute Gasteiger partial charge is 0.480 e. The van der Waals surface area contributed by atoms with Gasteiger partial charge in [-0.2, -0.15) is 0 Å². The second-order valence-electron chi connectivity index (χ2n) is 12.1. The van der Waals surface area contributed by atoms with E-state index in [9.17, 15) is 53.7 Å². The normalized spacial score (nSPS) is 20.4. The molecule has 1 unspecified atom stereocenters. The van der Waals surface area contributed by atoms with Gasteiger partial charge in [0.2, 0.25) is 29.8 Å². The summed E-state index contributed by atoms with van der Waals surface area (Å²) in [5.74, 6) is -8.00. The first kappa shape index (κ1) is 45.1. The van der Waals surface area contributed by atoms with Crippen LogP contribution in [0.5, 0.6) is 0 Å². The van der Waals surface area contributed by atoms with Crippen molar-refractivity contribution < 1.29 is 68.6 Å². The van der Waals surface area contributed by atoms with Gasteiger partial charge in [0.15, 0.2) is 5.96 Å². The molecular weight excluding hydrogens is 744 g/mol. The summed E-state index contributed by atoms with van der Waals surface area (Å²) in [6, 6.07) is -5.36. The quantitative estimate of drug-likeness (QED) is 0.00821. The van der Waals surface area contributed by atoms with Crippen molar-refractivity contribution in [3.8, 4) is 0 Å². The van der Waals surface area contributed by atoms with Gasteiger partial charge >= 0.3 is 17.9 Å². The molecular formula is C29H46N10O14S. The topological polar surface area (TPSA) is 415 Å². The van der Waals surface area contributed by atoms with E-state index in [2.05, 4.69) is 26.3 Å². The maximum Gasteiger partial charge on any atom is 0.352 e. The van der Waals surface area contributed by atoms with Gasteiger partial charge in [-0.25, -0.2) is 4.79 Å². The number of rotatable bonds is 24. The Morgan fingerprint density at radius 3 is 2.28 bits per heavy atom. The number of hydrogen-bond donors (Lipinski definition) is 13. The Bertz CT molecular complexity index is 1490. The zero-order valence-electron chi connectivity index (χ0n) is 28.8. The van der Waals surface area contributed by atoms with Gasteiger partial charge in [0.25, 0.3) is 5.91 Å². The molecule has 24 nitrogen and oxygen atoms in total. The molecule has 2 heterocycles. The van der Waals surface area contributed by atoms with E-state index in [1.807, 2.05) is 0 Å². The van der Waals surface area contributed by atoms with Gasteiger partial charge < -0.3 is 74.5 Å². The lowest BCUT2D eigenvalue weighted by Gasteiger charge is -2.56. The van der Waals surface area contributed by atoms with Crippen molar-refractivity contribution >= 4 is 65.7 Å². The van der Waals surface area contributed by atoms with E-state index >= 15 is 0 Å². The summed E-state index contributed by atoms with van der Waals surface area (Å²) in [5.41, 5.74) is 18.8. The number of carboxylic acid groups (broad SMARTS) is 2. The van der Waals surface area contributed by atoms with Crippen molar-refractivity contribution in [2.24, 2.45) is 27.9 Å². The summed E-state index contributed by atoms with van der Waals surface area (Å²) >= 11 is 0.931. The predicted octanol–water partition coefficient (Wildman–Crippen LogP) is -6.99. The van der Waals surface area contributed by atoms with Crippen LogP contribution in [0.3, 0.4) is 0 Å². The molecule has 302 valence electrons. The molecule has 0 radical (unpaired) electrons. The van der Waals surface area contributed by atoms with Gasteiger partial charge in [0.05, 0.1) is 31.8 Å². The van der Waals surface area contributed by atoms with Crippen LogP contribution in [0.2, 0.25) is 0 Å².